The maximum Gasteiger partial charge on any atom is 0.328 e. The van der Waals surface area contributed by atoms with Gasteiger partial charge < -0.3 is 10.5 Å². The lowest BCUT2D eigenvalue weighted by molar-refractivity contribution is -0.142. The van der Waals surface area contributed by atoms with Gasteiger partial charge in [0.25, 0.3) is 0 Å². The standard InChI is InChI=1S/C11H19N3O2/c1-11(2,3)8-6-7(14(4)13-8)9(12)10(15)16-5/h6,9H,12H2,1-5H3. The zero-order valence-corrected chi connectivity index (χ0v) is 10.4. The van der Waals surface area contributed by atoms with Gasteiger partial charge in [-0.05, 0) is 6.07 Å². The Morgan fingerprint density at radius 2 is 2.12 bits per heavy atom. The Hall–Kier alpha value is -1.36. The maximum atomic E-state index is 11.3. The third kappa shape index (κ3) is 2.41. The van der Waals surface area contributed by atoms with E-state index in [2.05, 4.69) is 30.6 Å². The Balaban J connectivity index is 3.07. The molecule has 0 bridgehead atoms. The van der Waals surface area contributed by atoms with Crippen molar-refractivity contribution in [2.45, 2.75) is 32.2 Å². The number of ether oxygens (including phenoxy) is 1. The van der Waals surface area contributed by atoms with Crippen molar-refractivity contribution in [1.82, 2.24) is 9.78 Å². The van der Waals surface area contributed by atoms with Gasteiger partial charge in [-0.15, -0.1) is 0 Å². The zero-order valence-electron chi connectivity index (χ0n) is 10.4. The SMILES string of the molecule is COC(=O)C(N)c1cc(C(C)(C)C)nn1C. The number of aromatic nitrogens is 2. The van der Waals surface area contributed by atoms with Crippen LogP contribution >= 0.6 is 0 Å². The number of carbonyl (C=O) groups excluding carboxylic acids is 1. The van der Waals surface area contributed by atoms with Crippen LogP contribution in [-0.2, 0) is 22.0 Å². The van der Waals surface area contributed by atoms with Crippen molar-refractivity contribution in [1.29, 1.82) is 0 Å². The first kappa shape index (κ1) is 12.7. The van der Waals surface area contributed by atoms with Gasteiger partial charge in [-0.25, -0.2) is 4.79 Å². The van der Waals surface area contributed by atoms with Crippen LogP contribution in [0, 0.1) is 0 Å². The minimum atomic E-state index is -0.779. The molecular formula is C11H19N3O2. The summed E-state index contributed by atoms with van der Waals surface area (Å²) in [6.45, 7) is 6.17. The Morgan fingerprint density at radius 3 is 2.50 bits per heavy atom. The monoisotopic (exact) mass is 225 g/mol. The lowest BCUT2D eigenvalue weighted by atomic mass is 9.92. The van der Waals surface area contributed by atoms with E-state index in [0.717, 1.165) is 5.69 Å². The van der Waals surface area contributed by atoms with Crippen LogP contribution in [0.15, 0.2) is 6.07 Å². The second kappa shape index (κ2) is 4.25. The smallest absolute Gasteiger partial charge is 0.328 e. The molecule has 16 heavy (non-hydrogen) atoms. The second-order valence-electron chi connectivity index (χ2n) is 4.83. The number of nitrogens with two attached hydrogens (primary N) is 1. The van der Waals surface area contributed by atoms with Gasteiger partial charge >= 0.3 is 5.97 Å². The fourth-order valence-electron chi connectivity index (χ4n) is 1.39. The molecule has 0 radical (unpaired) electrons. The highest BCUT2D eigenvalue weighted by molar-refractivity contribution is 5.76. The average molecular weight is 225 g/mol. The number of hydrogen-bond acceptors (Lipinski definition) is 4. The molecule has 5 heteroatoms. The number of hydrogen-bond donors (Lipinski definition) is 1. The molecule has 1 atom stereocenters. The molecule has 1 rings (SSSR count). The summed E-state index contributed by atoms with van der Waals surface area (Å²) in [7, 11) is 3.09. The van der Waals surface area contributed by atoms with Crippen LogP contribution in [0.2, 0.25) is 0 Å². The highest BCUT2D eigenvalue weighted by Crippen LogP contribution is 2.23. The summed E-state index contributed by atoms with van der Waals surface area (Å²) in [5.74, 6) is -0.455. The van der Waals surface area contributed by atoms with E-state index in [1.807, 2.05) is 6.07 Å². The Morgan fingerprint density at radius 1 is 1.56 bits per heavy atom. The Kier molecular flexibility index (Phi) is 3.38. The van der Waals surface area contributed by atoms with E-state index in [1.54, 1.807) is 11.7 Å². The van der Waals surface area contributed by atoms with Crippen LogP contribution in [0.5, 0.6) is 0 Å². The fraction of sp³-hybridized carbons (Fsp3) is 0.636. The number of carbonyl (C=O) groups is 1. The minimum absolute atomic E-state index is 0.0636. The molecule has 0 spiro atoms. The number of nitrogens with zero attached hydrogens (tertiary/aromatic N) is 2. The van der Waals surface area contributed by atoms with Crippen molar-refractivity contribution in [3.05, 3.63) is 17.5 Å². The Bertz CT molecular complexity index is 390. The summed E-state index contributed by atoms with van der Waals surface area (Å²) in [6.07, 6.45) is 0. The summed E-state index contributed by atoms with van der Waals surface area (Å²) in [5.41, 5.74) is 7.28. The van der Waals surface area contributed by atoms with Gasteiger partial charge in [-0.1, -0.05) is 20.8 Å². The molecule has 1 aromatic rings. The molecule has 0 aliphatic rings. The lowest BCUT2D eigenvalue weighted by Crippen LogP contribution is -2.24. The molecule has 0 aliphatic carbocycles. The molecule has 0 aliphatic heterocycles. The largest absolute Gasteiger partial charge is 0.468 e. The predicted octanol–water partition coefficient (Wildman–Crippen LogP) is 0.890. The molecule has 1 heterocycles. The summed E-state index contributed by atoms with van der Waals surface area (Å²) >= 11 is 0. The van der Waals surface area contributed by atoms with E-state index in [1.165, 1.54) is 7.11 Å². The molecule has 2 N–H and O–H groups in total. The van der Waals surface area contributed by atoms with Crippen molar-refractivity contribution in [3.8, 4) is 0 Å². The van der Waals surface area contributed by atoms with E-state index < -0.39 is 12.0 Å². The number of esters is 1. The third-order valence-corrected chi connectivity index (χ3v) is 2.46. The van der Waals surface area contributed by atoms with Crippen molar-refractivity contribution < 1.29 is 9.53 Å². The van der Waals surface area contributed by atoms with Gasteiger partial charge in [-0.3, -0.25) is 4.68 Å². The quantitative estimate of drug-likeness (QED) is 0.759. The minimum Gasteiger partial charge on any atom is -0.468 e. The van der Waals surface area contributed by atoms with Crippen LogP contribution in [-0.4, -0.2) is 22.9 Å². The third-order valence-electron chi connectivity index (χ3n) is 2.46. The topological polar surface area (TPSA) is 70.1 Å². The van der Waals surface area contributed by atoms with Crippen molar-refractivity contribution in [3.63, 3.8) is 0 Å². The number of rotatable bonds is 2. The van der Waals surface area contributed by atoms with Gasteiger partial charge in [0, 0.05) is 12.5 Å². The van der Waals surface area contributed by atoms with Gasteiger partial charge in [0.15, 0.2) is 0 Å². The second-order valence-corrected chi connectivity index (χ2v) is 4.83. The molecule has 0 saturated heterocycles. The van der Waals surface area contributed by atoms with Gasteiger partial charge in [0.1, 0.15) is 6.04 Å². The van der Waals surface area contributed by atoms with E-state index in [0.29, 0.717) is 5.69 Å². The van der Waals surface area contributed by atoms with Crippen LogP contribution < -0.4 is 5.73 Å². The summed E-state index contributed by atoms with van der Waals surface area (Å²) in [4.78, 5) is 11.3. The zero-order chi connectivity index (χ0) is 12.5. The van der Waals surface area contributed by atoms with E-state index >= 15 is 0 Å². The first-order valence-corrected chi connectivity index (χ1v) is 5.15. The summed E-state index contributed by atoms with van der Waals surface area (Å²) in [5, 5.41) is 4.35. The van der Waals surface area contributed by atoms with Crippen LogP contribution in [0.4, 0.5) is 0 Å². The predicted molar refractivity (Wildman–Crippen MR) is 60.9 cm³/mol. The van der Waals surface area contributed by atoms with E-state index in [4.69, 9.17) is 5.73 Å². The first-order chi connectivity index (χ1) is 7.27. The lowest BCUT2D eigenvalue weighted by Gasteiger charge is -2.13. The van der Waals surface area contributed by atoms with Crippen LogP contribution in [0.3, 0.4) is 0 Å². The van der Waals surface area contributed by atoms with E-state index in [-0.39, 0.29) is 5.41 Å². The average Bonchev–Trinajstić information content (AvgIpc) is 2.57. The molecule has 0 amide bonds. The van der Waals surface area contributed by atoms with Crippen molar-refractivity contribution >= 4 is 5.97 Å². The van der Waals surface area contributed by atoms with E-state index in [9.17, 15) is 4.79 Å². The summed E-state index contributed by atoms with van der Waals surface area (Å²) in [6, 6.07) is 1.07. The molecular weight excluding hydrogens is 206 g/mol. The van der Waals surface area contributed by atoms with Gasteiger partial charge in [0.2, 0.25) is 0 Å². The normalized spacial score (nSPS) is 13.6. The molecule has 90 valence electrons. The van der Waals surface area contributed by atoms with Crippen molar-refractivity contribution in [2.24, 2.45) is 12.8 Å². The molecule has 0 saturated carbocycles. The van der Waals surface area contributed by atoms with Crippen molar-refractivity contribution in [2.75, 3.05) is 7.11 Å². The molecule has 0 aromatic carbocycles. The molecule has 1 unspecified atom stereocenters. The van der Waals surface area contributed by atoms with Gasteiger partial charge in [-0.2, -0.15) is 5.10 Å². The van der Waals surface area contributed by atoms with Crippen LogP contribution in [0.1, 0.15) is 38.2 Å². The summed E-state index contributed by atoms with van der Waals surface area (Å²) < 4.78 is 6.24. The molecule has 5 nitrogen and oxygen atoms in total. The molecule has 0 fully saturated rings. The fourth-order valence-corrected chi connectivity index (χ4v) is 1.39. The highest BCUT2D eigenvalue weighted by Gasteiger charge is 2.24. The van der Waals surface area contributed by atoms with Gasteiger partial charge in [0.05, 0.1) is 18.5 Å². The molecule has 1 aromatic heterocycles. The first-order valence-electron chi connectivity index (χ1n) is 5.15. The number of methoxy groups -OCH3 is 1. The Labute approximate surface area is 95.6 Å². The number of aryl methyl sites for hydroxylation is 1. The highest BCUT2D eigenvalue weighted by atomic mass is 16.5. The van der Waals surface area contributed by atoms with Crippen LogP contribution in [0.25, 0.3) is 0 Å². The maximum absolute atomic E-state index is 11.3.